The molecule has 0 bridgehead atoms. The first-order chi connectivity index (χ1) is 8.40. The zero-order chi connectivity index (χ0) is 11.7. The minimum atomic E-state index is -0.550. The van der Waals surface area contributed by atoms with Gasteiger partial charge in [0.25, 0.3) is 0 Å². The Bertz CT molecular complexity index is 404. The monoisotopic (exact) mass is 336 g/mol. The first kappa shape index (κ1) is 17.3. The quantitative estimate of drug-likeness (QED) is 0.428. The van der Waals surface area contributed by atoms with Gasteiger partial charge in [0.2, 0.25) is 0 Å². The molecule has 0 fully saturated rings. The molecular formula is C14H18Cl2O2Ti. The van der Waals surface area contributed by atoms with Gasteiger partial charge in [-0.3, -0.25) is 0 Å². The predicted octanol–water partition coefficient (Wildman–Crippen LogP) is -2.29. The van der Waals surface area contributed by atoms with Crippen molar-refractivity contribution in [3.63, 3.8) is 0 Å². The summed E-state index contributed by atoms with van der Waals surface area (Å²) >= 11 is -0.550. The van der Waals surface area contributed by atoms with E-state index in [0.717, 1.165) is 0 Å². The fourth-order valence-electron chi connectivity index (χ4n) is 3.60. The van der Waals surface area contributed by atoms with Crippen LogP contribution in [0, 0.1) is 0 Å². The average Bonchev–Trinajstić information content (AvgIpc) is 2.75. The summed E-state index contributed by atoms with van der Waals surface area (Å²) in [6, 6.07) is 0. The zero-order valence-corrected chi connectivity index (χ0v) is 14.0. The zero-order valence-electron chi connectivity index (χ0n) is 10.9. The van der Waals surface area contributed by atoms with Crippen LogP contribution in [0.25, 0.3) is 0 Å². The maximum atomic E-state index is 10.4. The molecule has 0 aromatic rings. The van der Waals surface area contributed by atoms with Gasteiger partial charge >= 0.3 is 112 Å². The summed E-state index contributed by atoms with van der Waals surface area (Å²) in [5.41, 5.74) is 6.80. The Hall–Kier alpha value is 0.244. The third kappa shape index (κ3) is 3.47. The molecule has 0 radical (unpaired) electrons. The second-order valence-corrected chi connectivity index (χ2v) is 7.07. The van der Waals surface area contributed by atoms with Crippen LogP contribution in [-0.2, 0) is 27.7 Å². The smallest absolute Gasteiger partial charge is 1.00 e. The van der Waals surface area contributed by atoms with Crippen LogP contribution in [-0.4, -0.2) is 6.47 Å². The van der Waals surface area contributed by atoms with Crippen LogP contribution in [0.5, 0.6) is 0 Å². The van der Waals surface area contributed by atoms with Crippen LogP contribution in [0.1, 0.15) is 51.4 Å². The molecule has 2 nitrogen and oxygen atoms in total. The molecule has 3 rings (SSSR count). The molecule has 19 heavy (non-hydrogen) atoms. The van der Waals surface area contributed by atoms with E-state index >= 15 is 0 Å². The van der Waals surface area contributed by atoms with Crippen LogP contribution >= 0.6 is 0 Å². The van der Waals surface area contributed by atoms with E-state index < -0.39 is 19.5 Å². The van der Waals surface area contributed by atoms with Crippen molar-refractivity contribution in [2.45, 2.75) is 55.6 Å². The minimum absolute atomic E-state index is 0. The first-order valence-electron chi connectivity index (χ1n) is 6.68. The van der Waals surface area contributed by atoms with E-state index in [1.165, 1.54) is 51.4 Å². The van der Waals surface area contributed by atoms with Gasteiger partial charge in [0.15, 0.2) is 0 Å². The van der Waals surface area contributed by atoms with Crippen molar-refractivity contribution in [1.82, 2.24) is 0 Å². The normalized spacial score (nSPS) is 24.5. The van der Waals surface area contributed by atoms with Crippen LogP contribution in [0.15, 0.2) is 22.3 Å². The number of hydrogen-bond donors (Lipinski definition) is 0. The molecule has 1 unspecified atom stereocenters. The van der Waals surface area contributed by atoms with Crippen molar-refractivity contribution < 1.29 is 52.5 Å². The minimum Gasteiger partial charge on any atom is -1.00 e. The van der Waals surface area contributed by atoms with Crippen molar-refractivity contribution in [3.05, 3.63) is 22.3 Å². The molecule has 0 amide bonds. The molecule has 0 aromatic carbocycles. The molecule has 0 aromatic heterocycles. The van der Waals surface area contributed by atoms with Crippen LogP contribution in [0.3, 0.4) is 0 Å². The second kappa shape index (κ2) is 7.88. The third-order valence-corrected chi connectivity index (χ3v) is 6.14. The van der Waals surface area contributed by atoms with Gasteiger partial charge in [-0.2, -0.15) is 0 Å². The van der Waals surface area contributed by atoms with Gasteiger partial charge in [-0.15, -0.1) is 0 Å². The molecule has 3 aliphatic carbocycles. The van der Waals surface area contributed by atoms with Crippen molar-refractivity contribution in [3.8, 4) is 0 Å². The largest absolute Gasteiger partial charge is 1.00 e. The molecule has 0 saturated heterocycles. The van der Waals surface area contributed by atoms with Crippen molar-refractivity contribution >= 4 is 6.47 Å². The fourth-order valence-corrected chi connectivity index (χ4v) is 5.10. The van der Waals surface area contributed by atoms with Gasteiger partial charge in [-0.05, 0) is 0 Å². The Labute approximate surface area is 136 Å². The summed E-state index contributed by atoms with van der Waals surface area (Å²) in [7, 11) is 0. The summed E-state index contributed by atoms with van der Waals surface area (Å²) in [5, 5.41) is 0. The number of halogens is 2. The summed E-state index contributed by atoms with van der Waals surface area (Å²) < 4.78 is 5.76. The van der Waals surface area contributed by atoms with E-state index in [1.54, 1.807) is 22.3 Å². The molecule has 104 valence electrons. The van der Waals surface area contributed by atoms with Gasteiger partial charge in [-0.25, -0.2) is 0 Å². The Balaban J connectivity index is 0.000000902. The van der Waals surface area contributed by atoms with Crippen molar-refractivity contribution in [2.24, 2.45) is 0 Å². The number of rotatable bonds is 3. The molecule has 1 atom stereocenters. The van der Waals surface area contributed by atoms with E-state index in [1.807, 2.05) is 0 Å². The Morgan fingerprint density at radius 2 is 1.79 bits per heavy atom. The second-order valence-electron chi connectivity index (χ2n) is 5.25. The van der Waals surface area contributed by atoms with Gasteiger partial charge in [-0.1, -0.05) is 0 Å². The predicted molar refractivity (Wildman–Crippen MR) is 61.9 cm³/mol. The number of allylic oxidation sites excluding steroid dienone is 4. The van der Waals surface area contributed by atoms with Crippen molar-refractivity contribution in [2.75, 3.05) is 0 Å². The van der Waals surface area contributed by atoms with Crippen LogP contribution in [0.4, 0.5) is 0 Å². The Kier molecular flexibility index (Phi) is 7.17. The number of fused-ring (bicyclic) bond motifs is 1. The molecule has 0 heterocycles. The van der Waals surface area contributed by atoms with Crippen LogP contribution < -0.4 is 24.8 Å². The number of carbonyl (C=O) groups is 1. The van der Waals surface area contributed by atoms with E-state index in [9.17, 15) is 4.79 Å². The number of hydrogen-bond acceptors (Lipinski definition) is 2. The SMILES string of the molecule is O=C[O][Ti+2][CH]1CCCC2=C1CC1=C2CCCC1.[Cl-].[Cl-]. The Morgan fingerprint density at radius 1 is 1.05 bits per heavy atom. The average molecular weight is 337 g/mol. The summed E-state index contributed by atoms with van der Waals surface area (Å²) in [6.45, 7) is 0.650. The van der Waals surface area contributed by atoms with Crippen molar-refractivity contribution in [1.29, 1.82) is 0 Å². The van der Waals surface area contributed by atoms with Gasteiger partial charge in [0, 0.05) is 0 Å². The maximum absolute atomic E-state index is 10.4. The van der Waals surface area contributed by atoms with E-state index in [0.29, 0.717) is 10.7 Å². The molecule has 0 N–H and O–H groups in total. The third-order valence-electron chi connectivity index (χ3n) is 4.34. The summed E-state index contributed by atoms with van der Waals surface area (Å²) in [5.74, 6) is 0. The van der Waals surface area contributed by atoms with Gasteiger partial charge in [0.05, 0.1) is 0 Å². The maximum Gasteiger partial charge on any atom is -1.00 e. The van der Waals surface area contributed by atoms with E-state index in [4.69, 9.17) is 3.32 Å². The van der Waals surface area contributed by atoms with Gasteiger partial charge in [0.1, 0.15) is 0 Å². The molecule has 0 saturated carbocycles. The number of carbonyl (C=O) groups excluding carboxylic acids is 1. The molecule has 0 spiro atoms. The first-order valence-corrected chi connectivity index (χ1v) is 8.22. The topological polar surface area (TPSA) is 26.3 Å². The standard InChI is InChI=1S/C13H17.CH2O2.2ClH.Ti/c1-3-7-12-10(5-1)9-11-6-2-4-8-13(11)12;2-1-3;;;/h5H,1-4,6-9H2;1H,(H,2,3);2*1H;/q;;;;+3/p-3. The fraction of sp³-hybridized carbons (Fsp3) is 0.643. The molecule has 0 aliphatic heterocycles. The molecular weight excluding hydrogens is 319 g/mol. The molecule has 5 heteroatoms. The van der Waals surface area contributed by atoms with Crippen LogP contribution in [0.2, 0.25) is 4.22 Å². The van der Waals surface area contributed by atoms with E-state index in [2.05, 4.69) is 0 Å². The molecule has 3 aliphatic rings. The Morgan fingerprint density at radius 3 is 2.58 bits per heavy atom. The summed E-state index contributed by atoms with van der Waals surface area (Å²) in [6.07, 6.45) is 10.5. The van der Waals surface area contributed by atoms with Gasteiger partial charge < -0.3 is 24.8 Å². The summed E-state index contributed by atoms with van der Waals surface area (Å²) in [4.78, 5) is 10.4. The van der Waals surface area contributed by atoms with E-state index in [-0.39, 0.29) is 24.8 Å².